The van der Waals surface area contributed by atoms with E-state index < -0.39 is 0 Å². The molecule has 3 nitrogen and oxygen atoms in total. The van der Waals surface area contributed by atoms with Gasteiger partial charge in [-0.1, -0.05) is 30.3 Å². The molecule has 1 N–H and O–H groups in total. The maximum atomic E-state index is 12.2. The Morgan fingerprint density at radius 1 is 1.20 bits per heavy atom. The molecule has 1 aliphatic heterocycles. The number of rotatable bonds is 3. The summed E-state index contributed by atoms with van der Waals surface area (Å²) in [5.74, 6) is -0.0473. The molecule has 1 aromatic heterocycles. The number of carbonyl (C=O) groups is 1. The molecule has 2 heterocycles. The summed E-state index contributed by atoms with van der Waals surface area (Å²) in [5.41, 5.74) is 3.82. The Kier molecular flexibility index (Phi) is 3.76. The molecule has 3 rings (SSSR count). The van der Waals surface area contributed by atoms with E-state index in [1.165, 1.54) is 9.89 Å². The van der Waals surface area contributed by atoms with Gasteiger partial charge in [0.1, 0.15) is 0 Å². The third kappa shape index (κ3) is 2.87. The van der Waals surface area contributed by atoms with E-state index in [-0.39, 0.29) is 11.9 Å². The average Bonchev–Trinajstić information content (AvgIpc) is 3.17. The predicted octanol–water partition coefficient (Wildman–Crippen LogP) is 3.30. The smallest absolute Gasteiger partial charge is 0.267 e. The lowest BCUT2D eigenvalue weighted by molar-refractivity contribution is 0.0769. The van der Waals surface area contributed by atoms with E-state index in [0.29, 0.717) is 5.56 Å². The zero-order valence-corrected chi connectivity index (χ0v) is 11.6. The minimum atomic E-state index is -0.0473. The number of hydrogen-bond donors (Lipinski definition) is 1. The molecular weight excluding hydrogens is 268 g/mol. The van der Waals surface area contributed by atoms with E-state index in [1.807, 2.05) is 53.9 Å². The van der Waals surface area contributed by atoms with Crippen molar-refractivity contribution in [3.05, 3.63) is 76.6 Å². The first kappa shape index (κ1) is 12.8. The number of benzene rings is 1. The molecule has 1 unspecified atom stereocenters. The van der Waals surface area contributed by atoms with Crippen LogP contribution >= 0.6 is 11.3 Å². The Hall–Kier alpha value is -2.17. The number of hydrogen-bond acceptors (Lipinski definition) is 3. The van der Waals surface area contributed by atoms with Crippen molar-refractivity contribution in [3.8, 4) is 0 Å². The first-order valence-corrected chi connectivity index (χ1v) is 7.26. The average molecular weight is 282 g/mol. The van der Waals surface area contributed by atoms with E-state index in [0.717, 1.165) is 0 Å². The van der Waals surface area contributed by atoms with Gasteiger partial charge in [-0.25, -0.2) is 10.4 Å². The summed E-state index contributed by atoms with van der Waals surface area (Å²) in [6.45, 7) is 0. The van der Waals surface area contributed by atoms with Crippen LogP contribution in [0.5, 0.6) is 0 Å². The Morgan fingerprint density at radius 2 is 2.05 bits per heavy atom. The van der Waals surface area contributed by atoms with Gasteiger partial charge in [-0.05, 0) is 35.7 Å². The van der Waals surface area contributed by atoms with Crippen molar-refractivity contribution in [1.29, 1.82) is 0 Å². The van der Waals surface area contributed by atoms with E-state index in [9.17, 15) is 4.79 Å². The molecule has 0 saturated heterocycles. The molecule has 4 heteroatoms. The lowest BCUT2D eigenvalue weighted by atomic mass is 10.2. The van der Waals surface area contributed by atoms with Crippen molar-refractivity contribution in [1.82, 2.24) is 10.4 Å². The molecule has 1 atom stereocenters. The van der Waals surface area contributed by atoms with Crippen LogP contribution in [0, 0.1) is 0 Å². The summed E-state index contributed by atoms with van der Waals surface area (Å²) in [6.07, 6.45) is 7.84. The number of nitrogens with zero attached hydrogens (tertiary/aromatic N) is 1. The second kappa shape index (κ2) is 5.86. The summed E-state index contributed by atoms with van der Waals surface area (Å²) in [6, 6.07) is 13.4. The molecule has 0 bridgehead atoms. The summed E-state index contributed by atoms with van der Waals surface area (Å²) in [7, 11) is 0. The number of amides is 1. The fourth-order valence-electron chi connectivity index (χ4n) is 1.96. The third-order valence-corrected chi connectivity index (χ3v) is 3.82. The lowest BCUT2D eigenvalue weighted by Crippen LogP contribution is -2.38. The third-order valence-electron chi connectivity index (χ3n) is 2.98. The fraction of sp³-hybridized carbons (Fsp3) is 0.0625. The molecule has 1 amide bonds. The minimum absolute atomic E-state index is 0.0461. The first-order chi connectivity index (χ1) is 9.83. The van der Waals surface area contributed by atoms with Crippen LogP contribution in [0.25, 0.3) is 6.08 Å². The Labute approximate surface area is 121 Å². The van der Waals surface area contributed by atoms with Crippen molar-refractivity contribution >= 4 is 23.3 Å². The van der Waals surface area contributed by atoms with Crippen molar-refractivity contribution in [2.45, 2.75) is 6.04 Å². The Morgan fingerprint density at radius 3 is 2.80 bits per heavy atom. The molecule has 0 saturated carbocycles. The van der Waals surface area contributed by atoms with Crippen LogP contribution in [-0.2, 0) is 0 Å². The monoisotopic (exact) mass is 282 g/mol. The number of nitrogens with one attached hydrogen (secondary N) is 1. The Bertz CT molecular complexity index is 632. The maximum Gasteiger partial charge on any atom is 0.272 e. The molecule has 1 aromatic carbocycles. The highest BCUT2D eigenvalue weighted by Gasteiger charge is 2.19. The van der Waals surface area contributed by atoms with Crippen LogP contribution in [0.1, 0.15) is 15.2 Å². The minimum Gasteiger partial charge on any atom is -0.267 e. The normalized spacial score (nSPS) is 18.0. The quantitative estimate of drug-likeness (QED) is 0.936. The molecular formula is C16H14N2OS. The molecule has 100 valence electrons. The second-order valence-corrected chi connectivity index (χ2v) is 5.39. The van der Waals surface area contributed by atoms with Crippen LogP contribution in [0.2, 0.25) is 0 Å². The zero-order valence-electron chi connectivity index (χ0n) is 10.8. The van der Waals surface area contributed by atoms with Gasteiger partial charge in [-0.3, -0.25) is 4.79 Å². The summed E-state index contributed by atoms with van der Waals surface area (Å²) >= 11 is 1.69. The maximum absolute atomic E-state index is 12.2. The van der Waals surface area contributed by atoms with E-state index in [4.69, 9.17) is 0 Å². The molecule has 1 aliphatic rings. The van der Waals surface area contributed by atoms with Crippen LogP contribution in [0.4, 0.5) is 0 Å². The van der Waals surface area contributed by atoms with Crippen molar-refractivity contribution in [2.24, 2.45) is 0 Å². The number of carbonyl (C=O) groups excluding carboxylic acids is 1. The zero-order chi connectivity index (χ0) is 13.8. The summed E-state index contributed by atoms with van der Waals surface area (Å²) < 4.78 is 0. The van der Waals surface area contributed by atoms with Gasteiger partial charge in [0.15, 0.2) is 0 Å². The van der Waals surface area contributed by atoms with Gasteiger partial charge in [0.2, 0.25) is 0 Å². The molecule has 20 heavy (non-hydrogen) atoms. The number of hydrazine groups is 1. The second-order valence-electron chi connectivity index (χ2n) is 4.41. The van der Waals surface area contributed by atoms with Gasteiger partial charge in [0.05, 0.1) is 6.04 Å². The van der Waals surface area contributed by atoms with Gasteiger partial charge in [-0.2, -0.15) is 0 Å². The van der Waals surface area contributed by atoms with E-state index in [2.05, 4.69) is 17.6 Å². The van der Waals surface area contributed by atoms with Gasteiger partial charge in [0, 0.05) is 16.6 Å². The van der Waals surface area contributed by atoms with Crippen LogP contribution in [-0.4, -0.2) is 17.0 Å². The molecule has 2 aromatic rings. The standard InChI is InChI=1S/C16H14N2OS/c19-16(13-5-2-1-3-6-13)18-11-10-14(17-18)8-9-15-7-4-12-20-15/h1-12,14,17H. The van der Waals surface area contributed by atoms with Crippen LogP contribution in [0.3, 0.4) is 0 Å². The lowest BCUT2D eigenvalue weighted by Gasteiger charge is -2.16. The van der Waals surface area contributed by atoms with Crippen molar-refractivity contribution in [3.63, 3.8) is 0 Å². The highest BCUT2D eigenvalue weighted by atomic mass is 32.1. The molecule has 0 aliphatic carbocycles. The molecule has 0 spiro atoms. The first-order valence-electron chi connectivity index (χ1n) is 6.38. The van der Waals surface area contributed by atoms with Crippen molar-refractivity contribution in [2.75, 3.05) is 0 Å². The summed E-state index contributed by atoms with van der Waals surface area (Å²) in [4.78, 5) is 13.4. The summed E-state index contributed by atoms with van der Waals surface area (Å²) in [5, 5.41) is 3.57. The highest BCUT2D eigenvalue weighted by molar-refractivity contribution is 7.10. The highest BCUT2D eigenvalue weighted by Crippen LogP contribution is 2.13. The molecule has 0 radical (unpaired) electrons. The van der Waals surface area contributed by atoms with Gasteiger partial charge >= 0.3 is 0 Å². The number of thiophene rings is 1. The van der Waals surface area contributed by atoms with Crippen molar-refractivity contribution < 1.29 is 4.79 Å². The largest absolute Gasteiger partial charge is 0.272 e. The SMILES string of the molecule is O=C(c1ccccc1)N1C=CC(C=Cc2cccs2)N1. The van der Waals surface area contributed by atoms with Gasteiger partial charge in [-0.15, -0.1) is 11.3 Å². The topological polar surface area (TPSA) is 32.3 Å². The molecule has 0 fully saturated rings. The van der Waals surface area contributed by atoms with E-state index in [1.54, 1.807) is 17.5 Å². The van der Waals surface area contributed by atoms with Gasteiger partial charge < -0.3 is 0 Å². The van der Waals surface area contributed by atoms with Crippen LogP contribution < -0.4 is 5.43 Å². The van der Waals surface area contributed by atoms with Gasteiger partial charge in [0.25, 0.3) is 5.91 Å². The fourth-order valence-corrected chi connectivity index (χ4v) is 2.59. The predicted molar refractivity (Wildman–Crippen MR) is 82.0 cm³/mol. The van der Waals surface area contributed by atoms with E-state index >= 15 is 0 Å². The Balaban J connectivity index is 1.63. The van der Waals surface area contributed by atoms with Crippen LogP contribution in [0.15, 0.2) is 66.2 Å².